The number of rotatable bonds is 3. The third-order valence-corrected chi connectivity index (χ3v) is 1.42. The number of halogens is 1. The van der Waals surface area contributed by atoms with Gasteiger partial charge in [-0.15, -0.1) is 0 Å². The van der Waals surface area contributed by atoms with Gasteiger partial charge in [0, 0.05) is 17.3 Å². The molecule has 2 nitrogen and oxygen atoms in total. The molecule has 0 saturated carbocycles. The van der Waals surface area contributed by atoms with Crippen LogP contribution in [0.4, 0.5) is 4.39 Å². The van der Waals surface area contributed by atoms with Crippen molar-refractivity contribution < 1.29 is 8.81 Å². The predicted octanol–water partition coefficient (Wildman–Crippen LogP) is 2.51. The summed E-state index contributed by atoms with van der Waals surface area (Å²) in [5.74, 6) is 0. The Hall–Kier alpha value is -1.51. The first kappa shape index (κ1) is 8.59. The van der Waals surface area contributed by atoms with E-state index in [-0.39, 0.29) is 0 Å². The molecule has 1 N–H and O–H groups in total. The average molecular weight is 167 g/mol. The van der Waals surface area contributed by atoms with E-state index < -0.39 is 6.01 Å². The Labute approximate surface area is 70.4 Å². The SMILES string of the molecule is C=CN/C(=C\C)c1coc(F)c1. The second-order valence-electron chi connectivity index (χ2n) is 2.19. The van der Waals surface area contributed by atoms with Gasteiger partial charge in [0.05, 0.1) is 0 Å². The fourth-order valence-corrected chi connectivity index (χ4v) is 0.895. The summed E-state index contributed by atoms with van der Waals surface area (Å²) in [7, 11) is 0. The lowest BCUT2D eigenvalue weighted by Crippen LogP contribution is -2.01. The smallest absolute Gasteiger partial charge is 0.278 e. The van der Waals surface area contributed by atoms with Crippen LogP contribution in [0.1, 0.15) is 12.5 Å². The number of nitrogens with one attached hydrogen (secondary N) is 1. The highest BCUT2D eigenvalue weighted by atomic mass is 19.1. The van der Waals surface area contributed by atoms with Crippen molar-refractivity contribution in [2.45, 2.75) is 6.92 Å². The van der Waals surface area contributed by atoms with Crippen LogP contribution in [0.5, 0.6) is 0 Å². The second kappa shape index (κ2) is 3.76. The van der Waals surface area contributed by atoms with Crippen LogP contribution in [0, 0.1) is 6.01 Å². The van der Waals surface area contributed by atoms with E-state index in [0.29, 0.717) is 5.56 Å². The molecule has 1 rings (SSSR count). The van der Waals surface area contributed by atoms with Crippen molar-refractivity contribution in [1.82, 2.24) is 5.32 Å². The minimum Gasteiger partial charge on any atom is -0.439 e. The van der Waals surface area contributed by atoms with Crippen LogP contribution in [-0.4, -0.2) is 0 Å². The van der Waals surface area contributed by atoms with Gasteiger partial charge in [0.15, 0.2) is 0 Å². The normalized spacial score (nSPS) is 11.3. The van der Waals surface area contributed by atoms with E-state index in [4.69, 9.17) is 0 Å². The van der Waals surface area contributed by atoms with Crippen LogP contribution in [0.25, 0.3) is 5.70 Å². The fraction of sp³-hybridized carbons (Fsp3) is 0.111. The molecule has 0 unspecified atom stereocenters. The van der Waals surface area contributed by atoms with Crippen molar-refractivity contribution in [1.29, 1.82) is 0 Å². The van der Waals surface area contributed by atoms with E-state index in [1.807, 2.05) is 13.0 Å². The first-order chi connectivity index (χ1) is 5.77. The summed E-state index contributed by atoms with van der Waals surface area (Å²) in [6.07, 6.45) is 4.69. The molecule has 0 fully saturated rings. The molecule has 3 heteroatoms. The first-order valence-electron chi connectivity index (χ1n) is 3.56. The lowest BCUT2D eigenvalue weighted by atomic mass is 10.2. The maximum atomic E-state index is 12.4. The van der Waals surface area contributed by atoms with Crippen molar-refractivity contribution in [3.63, 3.8) is 0 Å². The highest BCUT2D eigenvalue weighted by Crippen LogP contribution is 2.14. The van der Waals surface area contributed by atoms with Crippen molar-refractivity contribution in [2.75, 3.05) is 0 Å². The molecular formula is C9H10FNO. The van der Waals surface area contributed by atoms with Crippen molar-refractivity contribution in [3.8, 4) is 0 Å². The molecule has 1 aromatic rings. The summed E-state index contributed by atoms with van der Waals surface area (Å²) in [6, 6.07) is 0.724. The average Bonchev–Trinajstić information content (AvgIpc) is 2.47. The zero-order valence-corrected chi connectivity index (χ0v) is 6.80. The van der Waals surface area contributed by atoms with E-state index in [9.17, 15) is 4.39 Å². The molecule has 64 valence electrons. The molecule has 1 aromatic heterocycles. The summed E-state index contributed by atoms with van der Waals surface area (Å²) >= 11 is 0. The van der Waals surface area contributed by atoms with Gasteiger partial charge in [0.2, 0.25) is 0 Å². The first-order valence-corrected chi connectivity index (χ1v) is 3.56. The largest absolute Gasteiger partial charge is 0.439 e. The number of hydrogen-bond donors (Lipinski definition) is 1. The Morgan fingerprint density at radius 1 is 1.75 bits per heavy atom. The molecule has 0 amide bonds. The highest BCUT2D eigenvalue weighted by molar-refractivity contribution is 5.63. The molecule has 1 heterocycles. The van der Waals surface area contributed by atoms with Gasteiger partial charge in [-0.05, 0) is 13.1 Å². The standard InChI is InChI=1S/C9H10FNO/c1-3-8(11-4-2)7-5-9(10)12-6-7/h3-6,11H,2H2,1H3/b8-3-. The van der Waals surface area contributed by atoms with Gasteiger partial charge in [0.25, 0.3) is 6.01 Å². The van der Waals surface area contributed by atoms with Crippen LogP contribution in [0.3, 0.4) is 0 Å². The molecular weight excluding hydrogens is 157 g/mol. The molecule has 0 bridgehead atoms. The van der Waals surface area contributed by atoms with Gasteiger partial charge in [-0.2, -0.15) is 4.39 Å². The van der Waals surface area contributed by atoms with Crippen LogP contribution in [0.15, 0.2) is 35.6 Å². The summed E-state index contributed by atoms with van der Waals surface area (Å²) in [5.41, 5.74) is 1.45. The Bertz CT molecular complexity index is 301. The third kappa shape index (κ3) is 1.75. The van der Waals surface area contributed by atoms with E-state index in [0.717, 1.165) is 5.70 Å². The van der Waals surface area contributed by atoms with Gasteiger partial charge in [-0.25, -0.2) is 0 Å². The minimum atomic E-state index is -0.588. The summed E-state index contributed by atoms with van der Waals surface area (Å²) in [6.45, 7) is 5.35. The molecule has 0 atom stereocenters. The van der Waals surface area contributed by atoms with Crippen molar-refractivity contribution in [2.24, 2.45) is 0 Å². The fourth-order valence-electron chi connectivity index (χ4n) is 0.895. The summed E-state index contributed by atoms with van der Waals surface area (Å²) < 4.78 is 16.9. The van der Waals surface area contributed by atoms with Gasteiger partial charge >= 0.3 is 0 Å². The van der Waals surface area contributed by atoms with E-state index >= 15 is 0 Å². The molecule has 12 heavy (non-hydrogen) atoms. The molecule has 0 aromatic carbocycles. The van der Waals surface area contributed by atoms with E-state index in [1.54, 1.807) is 0 Å². The molecule has 0 radical (unpaired) electrons. The lowest BCUT2D eigenvalue weighted by molar-refractivity contribution is 0.359. The maximum Gasteiger partial charge on any atom is 0.278 e. The quantitative estimate of drug-likeness (QED) is 0.748. The Balaban J connectivity index is 2.87. The zero-order chi connectivity index (χ0) is 8.97. The predicted molar refractivity (Wildman–Crippen MR) is 45.6 cm³/mol. The number of hydrogen-bond acceptors (Lipinski definition) is 2. The summed E-state index contributed by atoms with van der Waals surface area (Å²) in [4.78, 5) is 0. The zero-order valence-electron chi connectivity index (χ0n) is 6.80. The third-order valence-electron chi connectivity index (χ3n) is 1.42. The Morgan fingerprint density at radius 2 is 2.50 bits per heavy atom. The molecule has 0 aliphatic heterocycles. The van der Waals surface area contributed by atoms with Gasteiger partial charge in [-0.1, -0.05) is 12.7 Å². The van der Waals surface area contributed by atoms with E-state index in [2.05, 4.69) is 16.3 Å². The molecule has 0 saturated heterocycles. The Kier molecular flexibility index (Phi) is 2.69. The topological polar surface area (TPSA) is 25.2 Å². The molecule has 0 aliphatic carbocycles. The molecule has 0 spiro atoms. The minimum absolute atomic E-state index is 0.588. The van der Waals surface area contributed by atoms with E-state index in [1.165, 1.54) is 18.5 Å². The van der Waals surface area contributed by atoms with Crippen LogP contribution in [0.2, 0.25) is 0 Å². The Morgan fingerprint density at radius 3 is 2.92 bits per heavy atom. The highest BCUT2D eigenvalue weighted by Gasteiger charge is 2.03. The second-order valence-corrected chi connectivity index (χ2v) is 2.19. The van der Waals surface area contributed by atoms with Gasteiger partial charge in [0.1, 0.15) is 6.26 Å². The van der Waals surface area contributed by atoms with Gasteiger partial charge in [-0.3, -0.25) is 0 Å². The van der Waals surface area contributed by atoms with Crippen molar-refractivity contribution >= 4 is 5.70 Å². The van der Waals surface area contributed by atoms with Crippen LogP contribution < -0.4 is 5.32 Å². The summed E-state index contributed by atoms with van der Waals surface area (Å²) in [5, 5.41) is 2.86. The van der Waals surface area contributed by atoms with Crippen molar-refractivity contribution in [3.05, 3.63) is 42.8 Å². The number of furan rings is 1. The lowest BCUT2D eigenvalue weighted by Gasteiger charge is -2.01. The maximum absolute atomic E-state index is 12.4. The van der Waals surface area contributed by atoms with Gasteiger partial charge < -0.3 is 9.73 Å². The van der Waals surface area contributed by atoms with Crippen LogP contribution >= 0.6 is 0 Å². The monoisotopic (exact) mass is 167 g/mol. The number of allylic oxidation sites excluding steroid dienone is 1. The molecule has 0 aliphatic rings. The van der Waals surface area contributed by atoms with Crippen LogP contribution in [-0.2, 0) is 0 Å².